The third kappa shape index (κ3) is 2.63. The maximum Gasteiger partial charge on any atom is 0.144 e. The highest BCUT2D eigenvalue weighted by Crippen LogP contribution is 2.53. The topological polar surface area (TPSA) is 34.8 Å². The zero-order chi connectivity index (χ0) is 13.9. The predicted octanol–water partition coefficient (Wildman–Crippen LogP) is 4.33. The first-order valence-electron chi connectivity index (χ1n) is 7.36. The molecule has 1 saturated carbocycles. The Morgan fingerprint density at radius 1 is 1.35 bits per heavy atom. The first kappa shape index (κ1) is 14.4. The summed E-state index contributed by atoms with van der Waals surface area (Å²) in [4.78, 5) is 3.60. The Bertz CT molecular complexity index is 463. The summed E-state index contributed by atoms with van der Waals surface area (Å²) in [5.74, 6) is 0.951. The average molecular weight is 308 g/mol. The van der Waals surface area contributed by atoms with Crippen molar-refractivity contribution in [2.24, 2.45) is 0 Å². The van der Waals surface area contributed by atoms with Crippen molar-refractivity contribution in [2.75, 3.05) is 11.5 Å². The monoisotopic (exact) mass is 308 g/mol. The lowest BCUT2D eigenvalue weighted by Crippen LogP contribution is -2.39. The van der Waals surface area contributed by atoms with Gasteiger partial charge in [-0.1, -0.05) is 42.2 Å². The number of hydrogen-bond acceptors (Lipinski definition) is 4. The lowest BCUT2D eigenvalue weighted by Gasteiger charge is -2.35. The quantitative estimate of drug-likeness (QED) is 0.775. The van der Waals surface area contributed by atoms with Crippen molar-refractivity contribution in [1.29, 1.82) is 0 Å². The van der Waals surface area contributed by atoms with E-state index in [9.17, 15) is 5.14 Å². The molecule has 1 aromatic carbocycles. The zero-order valence-corrected chi connectivity index (χ0v) is 13.4. The third-order valence-corrected chi connectivity index (χ3v) is 6.07. The Hall–Kier alpha value is -0.520. The van der Waals surface area contributed by atoms with Gasteiger partial charge in [0.2, 0.25) is 0 Å². The molecule has 1 aliphatic carbocycles. The highest BCUT2D eigenvalue weighted by molar-refractivity contribution is 8.16. The van der Waals surface area contributed by atoms with Gasteiger partial charge in [0.1, 0.15) is 10.5 Å². The number of anilines is 1. The molecule has 1 aromatic rings. The summed E-state index contributed by atoms with van der Waals surface area (Å²) in [6.45, 7) is 2.69. The van der Waals surface area contributed by atoms with E-state index in [1.807, 2.05) is 13.0 Å². The first-order valence-corrected chi connectivity index (χ1v) is 9.07. The van der Waals surface area contributed by atoms with E-state index >= 15 is 0 Å². The van der Waals surface area contributed by atoms with Gasteiger partial charge in [0.05, 0.1) is 17.2 Å². The molecular formula is C15H20N2OS2. The fourth-order valence-corrected chi connectivity index (χ4v) is 5.15. The molecule has 0 aromatic heterocycles. The van der Waals surface area contributed by atoms with Crippen LogP contribution in [0.15, 0.2) is 23.1 Å². The maximum atomic E-state index is 9.67. The minimum atomic E-state index is 0.0645. The highest BCUT2D eigenvalue weighted by Gasteiger charge is 2.37. The van der Waals surface area contributed by atoms with Gasteiger partial charge in [-0.2, -0.15) is 0 Å². The van der Waals surface area contributed by atoms with Crippen molar-refractivity contribution in [3.8, 4) is 5.75 Å². The Morgan fingerprint density at radius 3 is 2.85 bits per heavy atom. The number of benzene rings is 1. The summed E-state index contributed by atoms with van der Waals surface area (Å²) >= 11 is 2.67. The molecule has 0 bridgehead atoms. The fourth-order valence-electron chi connectivity index (χ4n) is 3.17. The molecule has 108 valence electrons. The van der Waals surface area contributed by atoms with E-state index in [1.165, 1.54) is 42.7 Å². The summed E-state index contributed by atoms with van der Waals surface area (Å²) < 4.78 is 5.80. The van der Waals surface area contributed by atoms with Crippen LogP contribution in [0.1, 0.15) is 39.0 Å². The van der Waals surface area contributed by atoms with Gasteiger partial charge < -0.3 is 9.64 Å². The molecule has 2 radical (unpaired) electrons. The van der Waals surface area contributed by atoms with E-state index < -0.39 is 0 Å². The van der Waals surface area contributed by atoms with E-state index in [0.29, 0.717) is 12.6 Å². The van der Waals surface area contributed by atoms with Crippen LogP contribution in [0.3, 0.4) is 0 Å². The van der Waals surface area contributed by atoms with Gasteiger partial charge in [0, 0.05) is 6.04 Å². The molecule has 0 spiro atoms. The second-order valence-corrected chi connectivity index (χ2v) is 7.31. The Kier molecular flexibility index (Phi) is 4.68. The summed E-state index contributed by atoms with van der Waals surface area (Å²) in [5.41, 5.74) is 1.24. The van der Waals surface area contributed by atoms with E-state index in [4.69, 9.17) is 4.74 Å². The molecule has 3 nitrogen and oxygen atoms in total. The van der Waals surface area contributed by atoms with Crippen LogP contribution in [0.4, 0.5) is 5.69 Å². The summed E-state index contributed by atoms with van der Waals surface area (Å²) in [5, 5.41) is 9.67. The van der Waals surface area contributed by atoms with Gasteiger partial charge in [-0.3, -0.25) is 0 Å². The molecule has 1 unspecified atom stereocenters. The van der Waals surface area contributed by atoms with Crippen molar-refractivity contribution >= 4 is 29.4 Å². The maximum absolute atomic E-state index is 9.67. The number of fused-ring (bicyclic) bond motifs is 1. The summed E-state index contributed by atoms with van der Waals surface area (Å²) in [7, 11) is 0. The average Bonchev–Trinajstić information content (AvgIpc) is 2.88. The van der Waals surface area contributed by atoms with Crippen LogP contribution < -0.4 is 14.8 Å². The van der Waals surface area contributed by atoms with Crippen molar-refractivity contribution < 1.29 is 4.74 Å². The van der Waals surface area contributed by atoms with Crippen molar-refractivity contribution in [3.05, 3.63) is 18.2 Å². The molecule has 0 N–H and O–H groups in total. The van der Waals surface area contributed by atoms with Crippen molar-refractivity contribution in [1.82, 2.24) is 5.14 Å². The molecule has 1 atom stereocenters. The van der Waals surface area contributed by atoms with Crippen molar-refractivity contribution in [3.63, 3.8) is 0 Å². The molecule has 0 saturated heterocycles. The lowest BCUT2D eigenvalue weighted by molar-refractivity contribution is 0.332. The van der Waals surface area contributed by atoms with Crippen molar-refractivity contribution in [2.45, 2.75) is 54.7 Å². The molecule has 2 aliphatic rings. The van der Waals surface area contributed by atoms with E-state index in [-0.39, 0.29) is 4.71 Å². The molecule has 5 heteroatoms. The minimum absolute atomic E-state index is 0.0645. The number of nitrogens with zero attached hydrogens (tertiary/aromatic N) is 2. The number of hydrogen-bond donors (Lipinski definition) is 0. The standard InChI is InChI=1S/C15H20N2OS2/c1-2-18-13-10-6-9-12-14(13)19-15(20-16)17(12)11-7-4-3-5-8-11/h6,9-11,15H,2-5,7-8H2,1H3. The second kappa shape index (κ2) is 6.50. The molecule has 1 fully saturated rings. The van der Waals surface area contributed by atoms with Gasteiger partial charge in [-0.05, 0) is 43.8 Å². The SMILES string of the molecule is CCOc1cccc2c1SC(S[N])N2C1CCCCC1. The molecule has 1 aliphatic heterocycles. The van der Waals surface area contributed by atoms with Gasteiger partial charge in [-0.15, -0.1) is 0 Å². The molecule has 1 heterocycles. The minimum Gasteiger partial charge on any atom is -0.493 e. The normalized spacial score (nSPS) is 22.9. The summed E-state index contributed by atoms with van der Waals surface area (Å²) in [6, 6.07) is 6.80. The predicted molar refractivity (Wildman–Crippen MR) is 86.3 cm³/mol. The Labute approximate surface area is 129 Å². The molecule has 0 amide bonds. The zero-order valence-electron chi connectivity index (χ0n) is 11.7. The second-order valence-electron chi connectivity index (χ2n) is 5.27. The Morgan fingerprint density at radius 2 is 2.15 bits per heavy atom. The molecule has 20 heavy (non-hydrogen) atoms. The van der Waals surface area contributed by atoms with Crippen LogP contribution in [0.25, 0.3) is 0 Å². The molecule has 3 rings (SSSR count). The smallest absolute Gasteiger partial charge is 0.144 e. The van der Waals surface area contributed by atoms with Crippen LogP contribution in [-0.4, -0.2) is 17.4 Å². The van der Waals surface area contributed by atoms with Crippen LogP contribution in [0.2, 0.25) is 0 Å². The highest BCUT2D eigenvalue weighted by atomic mass is 32.2. The molecular weight excluding hydrogens is 288 g/mol. The fraction of sp³-hybridized carbons (Fsp3) is 0.600. The van der Waals surface area contributed by atoms with Crippen LogP contribution in [-0.2, 0) is 0 Å². The van der Waals surface area contributed by atoms with Crippen LogP contribution in [0, 0.1) is 0 Å². The number of ether oxygens (including phenoxy) is 1. The van der Waals surface area contributed by atoms with E-state index in [0.717, 1.165) is 17.7 Å². The third-order valence-electron chi connectivity index (χ3n) is 4.04. The first-order chi connectivity index (χ1) is 9.85. The van der Waals surface area contributed by atoms with E-state index in [1.54, 1.807) is 11.8 Å². The Balaban J connectivity index is 1.92. The summed E-state index contributed by atoms with van der Waals surface area (Å²) in [6.07, 6.45) is 6.41. The van der Waals surface area contributed by atoms with Gasteiger partial charge in [-0.25, -0.2) is 0 Å². The van der Waals surface area contributed by atoms with Gasteiger partial charge >= 0.3 is 0 Å². The lowest BCUT2D eigenvalue weighted by atomic mass is 9.94. The largest absolute Gasteiger partial charge is 0.493 e. The van der Waals surface area contributed by atoms with E-state index in [2.05, 4.69) is 17.0 Å². The van der Waals surface area contributed by atoms with Crippen LogP contribution in [0.5, 0.6) is 5.75 Å². The number of thioether (sulfide) groups is 1. The van der Waals surface area contributed by atoms with Gasteiger partial charge in [0.15, 0.2) is 0 Å². The number of rotatable bonds is 4. The van der Waals surface area contributed by atoms with Gasteiger partial charge in [0.25, 0.3) is 0 Å². The van der Waals surface area contributed by atoms with Crippen LogP contribution >= 0.6 is 23.7 Å².